The van der Waals surface area contributed by atoms with Gasteiger partial charge in [-0.2, -0.15) is 0 Å². The van der Waals surface area contributed by atoms with Gasteiger partial charge in [0.1, 0.15) is 39.9 Å². The lowest BCUT2D eigenvalue weighted by Gasteiger charge is -2.34. The quantitative estimate of drug-likeness (QED) is 0.296. The summed E-state index contributed by atoms with van der Waals surface area (Å²) in [5.41, 5.74) is -2.30. The molecule has 0 amide bonds. The number of aromatic hydroxyl groups is 2. The SMILES string of the molecule is CCCC(=O)c1c(O)c(C[C@@]2(C)C(=O)C(C(=O)[C@@H](C)CC)=C(O)C(C)=C2O)c(O)c(C)c1OC. The molecule has 4 N–H and O–H groups in total. The Morgan fingerprint density at radius 2 is 1.65 bits per heavy atom. The number of carbonyl (C=O) groups excluding carboxylic acids is 3. The molecule has 0 aromatic heterocycles. The lowest BCUT2D eigenvalue weighted by Crippen LogP contribution is -2.41. The molecule has 34 heavy (non-hydrogen) atoms. The van der Waals surface area contributed by atoms with Crippen LogP contribution in [0.2, 0.25) is 0 Å². The van der Waals surface area contributed by atoms with E-state index in [0.717, 1.165) is 0 Å². The van der Waals surface area contributed by atoms with Gasteiger partial charge in [0.15, 0.2) is 17.3 Å². The van der Waals surface area contributed by atoms with Crippen LogP contribution in [0.15, 0.2) is 22.7 Å². The number of hydrogen-bond acceptors (Lipinski definition) is 8. The second-order valence-corrected chi connectivity index (χ2v) is 9.09. The highest BCUT2D eigenvalue weighted by Gasteiger charge is 2.49. The Balaban J connectivity index is 2.76. The van der Waals surface area contributed by atoms with E-state index in [1.807, 2.05) is 0 Å². The Labute approximate surface area is 199 Å². The fourth-order valence-electron chi connectivity index (χ4n) is 4.31. The van der Waals surface area contributed by atoms with Gasteiger partial charge in [-0.25, -0.2) is 0 Å². The number of benzene rings is 1. The van der Waals surface area contributed by atoms with Crippen LogP contribution in [-0.2, 0) is 16.0 Å². The minimum Gasteiger partial charge on any atom is -0.511 e. The number of ether oxygens (including phenoxy) is 1. The Kier molecular flexibility index (Phi) is 7.86. The highest BCUT2D eigenvalue weighted by Crippen LogP contribution is 2.49. The molecule has 0 bridgehead atoms. The summed E-state index contributed by atoms with van der Waals surface area (Å²) in [7, 11) is 1.31. The molecule has 0 heterocycles. The maximum atomic E-state index is 13.5. The topological polar surface area (TPSA) is 141 Å². The molecule has 2 rings (SSSR count). The Morgan fingerprint density at radius 1 is 1.06 bits per heavy atom. The van der Waals surface area contributed by atoms with Gasteiger partial charge in [0.2, 0.25) is 0 Å². The minimum atomic E-state index is -1.78. The van der Waals surface area contributed by atoms with E-state index in [-0.39, 0.29) is 34.4 Å². The van der Waals surface area contributed by atoms with Crippen LogP contribution >= 0.6 is 0 Å². The maximum Gasteiger partial charge on any atom is 0.183 e. The van der Waals surface area contributed by atoms with E-state index in [9.17, 15) is 34.8 Å². The summed E-state index contributed by atoms with van der Waals surface area (Å²) >= 11 is 0. The second kappa shape index (κ2) is 9.91. The maximum absolute atomic E-state index is 13.5. The van der Waals surface area contributed by atoms with Gasteiger partial charge in [-0.05, 0) is 40.0 Å². The van der Waals surface area contributed by atoms with Crippen LogP contribution in [0, 0.1) is 18.3 Å². The number of allylic oxidation sites excluding steroid dienone is 3. The third-order valence-corrected chi connectivity index (χ3v) is 6.73. The second-order valence-electron chi connectivity index (χ2n) is 9.09. The molecule has 1 aliphatic rings. The van der Waals surface area contributed by atoms with E-state index in [1.165, 1.54) is 27.9 Å². The van der Waals surface area contributed by atoms with Crippen molar-refractivity contribution >= 4 is 17.3 Å². The third kappa shape index (κ3) is 4.17. The number of aliphatic hydroxyl groups excluding tert-OH is 2. The lowest BCUT2D eigenvalue weighted by molar-refractivity contribution is -0.128. The van der Waals surface area contributed by atoms with Crippen LogP contribution in [0.3, 0.4) is 0 Å². The molecular weight excluding hydrogens is 440 g/mol. The molecule has 0 spiro atoms. The van der Waals surface area contributed by atoms with Crippen molar-refractivity contribution < 1.29 is 39.5 Å². The van der Waals surface area contributed by atoms with Crippen molar-refractivity contribution in [3.63, 3.8) is 0 Å². The van der Waals surface area contributed by atoms with Crippen molar-refractivity contribution in [3.05, 3.63) is 39.4 Å². The number of hydrogen-bond donors (Lipinski definition) is 4. The van der Waals surface area contributed by atoms with E-state index in [4.69, 9.17) is 4.74 Å². The van der Waals surface area contributed by atoms with Gasteiger partial charge in [-0.3, -0.25) is 14.4 Å². The average molecular weight is 475 g/mol. The molecule has 186 valence electrons. The van der Waals surface area contributed by atoms with E-state index in [2.05, 4.69) is 0 Å². The van der Waals surface area contributed by atoms with Crippen molar-refractivity contribution in [2.24, 2.45) is 11.3 Å². The molecule has 0 radical (unpaired) electrons. The zero-order valence-corrected chi connectivity index (χ0v) is 20.8. The van der Waals surface area contributed by atoms with E-state index < -0.39 is 63.7 Å². The molecule has 2 atom stereocenters. The Bertz CT molecular complexity index is 1110. The Hall–Kier alpha value is -3.29. The smallest absolute Gasteiger partial charge is 0.183 e. The van der Waals surface area contributed by atoms with Crippen molar-refractivity contribution in [1.82, 2.24) is 0 Å². The van der Waals surface area contributed by atoms with Crippen molar-refractivity contribution in [3.8, 4) is 17.2 Å². The lowest BCUT2D eigenvalue weighted by atomic mass is 9.68. The van der Waals surface area contributed by atoms with Gasteiger partial charge in [0.25, 0.3) is 0 Å². The molecule has 8 nitrogen and oxygen atoms in total. The first kappa shape index (κ1) is 27.0. The van der Waals surface area contributed by atoms with Crippen LogP contribution in [0.5, 0.6) is 17.2 Å². The van der Waals surface area contributed by atoms with Crippen LogP contribution in [0.1, 0.15) is 75.4 Å². The number of rotatable bonds is 9. The number of methoxy groups -OCH3 is 1. The molecule has 0 aliphatic heterocycles. The molecule has 8 heteroatoms. The molecule has 0 unspecified atom stereocenters. The Morgan fingerprint density at radius 3 is 2.15 bits per heavy atom. The summed E-state index contributed by atoms with van der Waals surface area (Å²) in [6.45, 7) is 9.48. The summed E-state index contributed by atoms with van der Waals surface area (Å²) in [5.74, 6) is -4.30. The molecular formula is C26H34O8. The monoisotopic (exact) mass is 474 g/mol. The van der Waals surface area contributed by atoms with E-state index >= 15 is 0 Å². The van der Waals surface area contributed by atoms with Gasteiger partial charge >= 0.3 is 0 Å². The number of ketones is 3. The highest BCUT2D eigenvalue weighted by atomic mass is 16.5. The van der Waals surface area contributed by atoms with Crippen LogP contribution in [0.4, 0.5) is 0 Å². The van der Waals surface area contributed by atoms with E-state index in [1.54, 1.807) is 20.8 Å². The number of aliphatic hydroxyl groups is 2. The largest absolute Gasteiger partial charge is 0.511 e. The molecule has 0 saturated heterocycles. The van der Waals surface area contributed by atoms with Crippen molar-refractivity contribution in [2.75, 3.05) is 7.11 Å². The van der Waals surface area contributed by atoms with Crippen molar-refractivity contribution in [2.45, 2.75) is 67.2 Å². The molecule has 0 fully saturated rings. The van der Waals surface area contributed by atoms with Crippen LogP contribution < -0.4 is 4.74 Å². The van der Waals surface area contributed by atoms with Crippen LogP contribution in [-0.4, -0.2) is 44.9 Å². The van der Waals surface area contributed by atoms with Crippen LogP contribution in [0.25, 0.3) is 0 Å². The van der Waals surface area contributed by atoms with Gasteiger partial charge in [-0.1, -0.05) is 20.8 Å². The average Bonchev–Trinajstić information content (AvgIpc) is 2.81. The summed E-state index contributed by atoms with van der Waals surface area (Å²) in [6.07, 6.45) is 0.657. The predicted molar refractivity (Wildman–Crippen MR) is 127 cm³/mol. The highest BCUT2D eigenvalue weighted by molar-refractivity contribution is 6.24. The summed E-state index contributed by atoms with van der Waals surface area (Å²) in [4.78, 5) is 39.2. The first-order chi connectivity index (χ1) is 15.8. The van der Waals surface area contributed by atoms with Gasteiger partial charge in [0.05, 0.1) is 12.5 Å². The first-order valence-corrected chi connectivity index (χ1v) is 11.4. The predicted octanol–water partition coefficient (Wildman–Crippen LogP) is 4.79. The van der Waals surface area contributed by atoms with Gasteiger partial charge in [0, 0.05) is 29.0 Å². The summed E-state index contributed by atoms with van der Waals surface area (Å²) < 4.78 is 5.28. The normalized spacial score (nSPS) is 19.4. The fourth-order valence-corrected chi connectivity index (χ4v) is 4.31. The van der Waals surface area contributed by atoms with E-state index in [0.29, 0.717) is 12.8 Å². The van der Waals surface area contributed by atoms with Crippen molar-refractivity contribution in [1.29, 1.82) is 0 Å². The van der Waals surface area contributed by atoms with Gasteiger partial charge in [-0.15, -0.1) is 0 Å². The fraction of sp³-hybridized carbons (Fsp3) is 0.500. The number of phenols is 2. The molecule has 1 aliphatic carbocycles. The third-order valence-electron chi connectivity index (χ3n) is 6.73. The molecule has 1 aromatic carbocycles. The molecule has 0 saturated carbocycles. The summed E-state index contributed by atoms with van der Waals surface area (Å²) in [5, 5.41) is 43.4. The zero-order chi connectivity index (χ0) is 26.1. The summed E-state index contributed by atoms with van der Waals surface area (Å²) in [6, 6.07) is 0. The number of phenolic OH excluding ortho intramolecular Hbond substituents is 2. The standard InChI is InChI=1S/C26H34O8/c1-8-10-16(27)17-22(31)15(20(29)13(4)23(17)34-7)11-26(6)24(32)14(5)21(30)18(25(26)33)19(28)12(3)9-2/h12,29-32H,8-11H2,1-7H3/t12-,26+/m0/s1. The minimum absolute atomic E-state index is 0.0263. The van der Waals surface area contributed by atoms with Gasteiger partial charge < -0.3 is 25.2 Å². The first-order valence-electron chi connectivity index (χ1n) is 11.4. The number of Topliss-reactive ketones (excluding diaryl/α,β-unsaturated/α-hetero) is 3. The molecule has 1 aromatic rings. The zero-order valence-electron chi connectivity index (χ0n) is 20.8. The number of carbonyl (C=O) groups is 3.